The second-order valence-corrected chi connectivity index (χ2v) is 33.0. The predicted octanol–water partition coefficient (Wildman–Crippen LogP) is 22.2. The summed E-state index contributed by atoms with van der Waals surface area (Å²) in [6.07, 6.45) is 2.09. The molecule has 19 rings (SSSR count). The van der Waals surface area contributed by atoms with Crippen LogP contribution < -0.4 is 28.7 Å². The number of hydrogen-bond donors (Lipinski definition) is 8. The van der Waals surface area contributed by atoms with Crippen LogP contribution in [0.2, 0.25) is 0 Å². The van der Waals surface area contributed by atoms with Crippen LogP contribution in [0.5, 0.6) is 0 Å². The van der Waals surface area contributed by atoms with Crippen LogP contribution >= 0.6 is 22.6 Å². The van der Waals surface area contributed by atoms with Crippen molar-refractivity contribution >= 4 is 135 Å². The van der Waals surface area contributed by atoms with Crippen LogP contribution in [0.1, 0.15) is 73.4 Å². The molecule has 0 spiro atoms. The summed E-state index contributed by atoms with van der Waals surface area (Å²) in [5, 5.41) is 39.6. The fraction of sp³-hybridized carbons (Fsp3) is 0.146. The largest absolute Gasteiger partial charge is 0.442 e. The number of para-hydroxylation sites is 1. The topological polar surface area (TPSA) is 366 Å². The number of nitrogen functional groups attached to an aromatic ring is 4. The van der Waals surface area contributed by atoms with E-state index in [0.29, 0.717) is 90.8 Å². The summed E-state index contributed by atoms with van der Waals surface area (Å²) in [5.41, 5.74) is 44.7. The van der Waals surface area contributed by atoms with Gasteiger partial charge in [0.05, 0.1) is 38.8 Å². The number of halogens is 6. The predicted molar refractivity (Wildman–Crippen MR) is 497 cm³/mol. The molecule has 0 fully saturated rings. The van der Waals surface area contributed by atoms with Crippen molar-refractivity contribution in [2.75, 3.05) is 22.9 Å². The molecule has 8 aromatic heterocycles. The molecule has 0 amide bonds. The zero-order valence-electron chi connectivity index (χ0n) is 70.3. The number of carbonyl (C=O) groups excluding carboxylic acids is 3. The molecule has 0 atom stereocenters. The smallest absolute Gasteiger partial charge is 0.435 e. The minimum atomic E-state index is -0.651. The van der Waals surface area contributed by atoms with Crippen LogP contribution in [-0.4, -0.2) is 104 Å². The molecule has 8 heterocycles. The maximum atomic E-state index is 13.7. The lowest BCUT2D eigenvalue weighted by Gasteiger charge is -2.19. The lowest BCUT2D eigenvalue weighted by Crippen LogP contribution is -2.27. The van der Waals surface area contributed by atoms with Gasteiger partial charge in [-0.15, -0.1) is 0 Å². The highest BCUT2D eigenvalue weighted by Crippen LogP contribution is 2.37. The first-order valence-corrected chi connectivity index (χ1v) is 41.4. The van der Waals surface area contributed by atoms with E-state index >= 15 is 0 Å². The van der Waals surface area contributed by atoms with Gasteiger partial charge in [-0.1, -0.05) is 114 Å². The number of aromatic amines is 3. The number of nitrogens with zero attached hydrogens (tertiary/aromatic N) is 11. The van der Waals surface area contributed by atoms with Gasteiger partial charge >= 0.3 is 18.3 Å². The van der Waals surface area contributed by atoms with Gasteiger partial charge in [0, 0.05) is 101 Å². The summed E-state index contributed by atoms with van der Waals surface area (Å²) in [4.78, 5) is 42.2. The van der Waals surface area contributed by atoms with E-state index < -0.39 is 35.1 Å². The minimum Gasteiger partial charge on any atom is -0.442 e. The van der Waals surface area contributed by atoms with Crippen LogP contribution in [0.15, 0.2) is 261 Å². The first kappa shape index (κ1) is 88.2. The fourth-order valence-electron chi connectivity index (χ4n) is 13.6. The number of hydrogen-bond acceptors (Lipinski definition) is 18. The van der Waals surface area contributed by atoms with E-state index in [1.807, 2.05) is 135 Å². The van der Waals surface area contributed by atoms with Crippen molar-refractivity contribution in [3.05, 3.63) is 301 Å². The van der Waals surface area contributed by atoms with Crippen molar-refractivity contribution in [3.63, 3.8) is 0 Å². The maximum absolute atomic E-state index is 13.7. The molecule has 13 N–H and O–H groups in total. The molecule has 0 aliphatic heterocycles. The van der Waals surface area contributed by atoms with E-state index in [2.05, 4.69) is 73.5 Å². The van der Waals surface area contributed by atoms with E-state index in [0.717, 1.165) is 92.8 Å². The van der Waals surface area contributed by atoms with Gasteiger partial charge in [0.1, 0.15) is 91.4 Å². The Morgan fingerprint density at radius 3 is 1.24 bits per heavy atom. The van der Waals surface area contributed by atoms with Crippen molar-refractivity contribution in [1.82, 2.24) is 69.3 Å². The number of fused-ring (bicyclic) bond motifs is 7. The average molecular weight is 1820 g/mol. The molecule has 0 saturated carbocycles. The van der Waals surface area contributed by atoms with Gasteiger partial charge in [0.25, 0.3) is 0 Å². The Morgan fingerprint density at radius 2 is 0.772 bits per heavy atom. The zero-order chi connectivity index (χ0) is 90.3. The molecule has 0 unspecified atom stereocenters. The molecular weight excluding hydrogens is 1740 g/mol. The quantitative estimate of drug-likeness (QED) is 0.0230. The van der Waals surface area contributed by atoms with Crippen LogP contribution in [0.4, 0.5) is 59.1 Å². The van der Waals surface area contributed by atoms with E-state index in [9.17, 15) is 36.3 Å². The van der Waals surface area contributed by atoms with Gasteiger partial charge in [-0.2, -0.15) is 44.6 Å². The Morgan fingerprint density at radius 1 is 0.378 bits per heavy atom. The number of aromatic nitrogens is 14. The second-order valence-electron chi connectivity index (χ2n) is 32.3. The first-order valence-electron chi connectivity index (χ1n) is 39.8. The Bertz CT molecular complexity index is 7260. The number of anilines is 4. The van der Waals surface area contributed by atoms with Crippen molar-refractivity contribution in [2.24, 2.45) is 5.73 Å². The number of benzene rings is 11. The van der Waals surface area contributed by atoms with Gasteiger partial charge < -0.3 is 47.3 Å². The summed E-state index contributed by atoms with van der Waals surface area (Å²) in [6, 6.07) is 70.3. The Kier molecular flexibility index (Phi) is 25.8. The summed E-state index contributed by atoms with van der Waals surface area (Å²) < 4.78 is 89.6. The van der Waals surface area contributed by atoms with E-state index in [-0.39, 0.29) is 29.1 Å². The highest BCUT2D eigenvalue weighted by atomic mass is 127. The number of ether oxygens (including phenoxy) is 3. The number of rotatable bonds is 8. The Hall–Kier alpha value is -15.1. The number of carbonyl (C=O) groups is 3. The highest BCUT2D eigenvalue weighted by Gasteiger charge is 2.28. The summed E-state index contributed by atoms with van der Waals surface area (Å²) in [7, 11) is 0. The number of alkyl halides is 1. The van der Waals surface area contributed by atoms with Crippen LogP contribution in [0.3, 0.4) is 0 Å². The Balaban J connectivity index is 0.000000124. The molecule has 11 aromatic carbocycles. The van der Waals surface area contributed by atoms with Gasteiger partial charge in [-0.05, 0) is 231 Å². The normalized spacial score (nSPS) is 11.4. The van der Waals surface area contributed by atoms with Gasteiger partial charge in [0.15, 0.2) is 0 Å². The standard InChI is InChI=1S/C19H18FIN2O2.C19H19N5O2.C18H18FN3O2.C14H12FN3.2C13H10FN3/c1-19(2,3)25-18(24)23-16-8-7-12(11-21)9-15(16)17(22-23)13-5-4-6-14(20)10-13;1-19(2,3)26-18(25)24-15-8-7-12(20)10-13(15)17(22-24)14-11-23-9-5-4-6-16(23)21-14;1-18(2,3)24-17(23)22-15-8-7-13(20)10-14(15)16(21-22)11-5-4-6-12(19)9-11;15-11-3-1-2-10(7-11)14-12-6-9(8-16)4-5-13(12)17-18-14;14-9-4-1-3-8(7-9)12-10-5-2-6-11(15)13(10)17-16-12;14-9-3-1-2-8(6-9)13-11-5-4-10(15)7-12(11)16-17-13/h4-10H,11H2,1-3H3;4-11H,20H2,1-3H3;4-10H,20H2,1-3H3;1-7H,8,16H2,(H,17,18);2*1-7H,15H2,(H,16,17). The number of nitrogens with one attached hydrogen (secondary N) is 3. The second kappa shape index (κ2) is 37.1. The summed E-state index contributed by atoms with van der Waals surface area (Å²) in [6.45, 7) is 16.7. The minimum absolute atomic E-state index is 0.265. The molecule has 31 heteroatoms. The summed E-state index contributed by atoms with van der Waals surface area (Å²) in [5.74, 6) is -1.53. The fourth-order valence-corrected chi connectivity index (χ4v) is 14.1. The number of pyridine rings is 1. The highest BCUT2D eigenvalue weighted by molar-refractivity contribution is 14.1. The molecule has 0 bridgehead atoms. The van der Waals surface area contributed by atoms with Gasteiger partial charge in [-0.25, -0.2) is 41.3 Å². The summed E-state index contributed by atoms with van der Waals surface area (Å²) >= 11 is 2.28. The number of imidazole rings is 1. The molecule has 0 saturated heterocycles. The average Bonchev–Trinajstić information content (AvgIpc) is 1.59. The van der Waals surface area contributed by atoms with Crippen LogP contribution in [-0.2, 0) is 25.2 Å². The molecule has 0 radical (unpaired) electrons. The third kappa shape index (κ3) is 20.9. The lowest BCUT2D eigenvalue weighted by atomic mass is 10.1. The molecule has 25 nitrogen and oxygen atoms in total. The molecule has 644 valence electrons. The molecular formula is C96H87F5IN19O6. The van der Waals surface area contributed by atoms with Crippen molar-refractivity contribution in [2.45, 2.75) is 90.1 Å². The molecule has 19 aromatic rings. The van der Waals surface area contributed by atoms with Crippen molar-refractivity contribution in [1.29, 1.82) is 0 Å². The van der Waals surface area contributed by atoms with Crippen LogP contribution in [0.25, 0.3) is 139 Å². The molecule has 127 heavy (non-hydrogen) atoms. The molecule has 0 aliphatic carbocycles. The number of H-pyrrole nitrogens is 3. The third-order valence-electron chi connectivity index (χ3n) is 19.2. The maximum Gasteiger partial charge on any atom is 0.435 e. The first-order chi connectivity index (χ1) is 60.6. The van der Waals surface area contributed by atoms with E-state index in [4.69, 9.17) is 42.9 Å². The van der Waals surface area contributed by atoms with Crippen molar-refractivity contribution in [3.8, 4) is 67.7 Å². The number of nitrogens with two attached hydrogens (primary N) is 5. The monoisotopic (exact) mass is 1820 g/mol. The lowest BCUT2D eigenvalue weighted by molar-refractivity contribution is 0.0512. The third-order valence-corrected chi connectivity index (χ3v) is 20.1. The van der Waals surface area contributed by atoms with E-state index in [1.165, 1.54) is 74.7 Å². The van der Waals surface area contributed by atoms with Gasteiger partial charge in [-0.3, -0.25) is 15.3 Å². The molecule has 0 aliphatic rings. The SMILES string of the molecule is CC(C)(C)OC(=O)n1nc(-c2cccc(F)c2)c2cc(CI)ccc21.CC(C)(C)OC(=O)n1nc(-c2cccc(F)c2)c2cc(N)ccc21.CC(C)(C)OC(=O)n1nc(-c2cn3ccccc3n2)c2cc(N)ccc21.NCc1ccc2[nH]nc(-c3cccc(F)c3)c2c1.Nc1ccc2c(-c3cccc(F)c3)n[nH]c2c1.Nc1cccc2c(-c3cccc(F)c3)n[nH]c12. The van der Waals surface area contributed by atoms with Crippen molar-refractivity contribution < 1.29 is 50.5 Å². The van der Waals surface area contributed by atoms with Gasteiger partial charge in [0.2, 0.25) is 0 Å². The zero-order valence-corrected chi connectivity index (χ0v) is 72.4. The van der Waals surface area contributed by atoms with E-state index in [1.54, 1.807) is 133 Å². The van der Waals surface area contributed by atoms with Crippen LogP contribution in [0, 0.1) is 29.1 Å². The Labute approximate surface area is 737 Å².